The van der Waals surface area contributed by atoms with Crippen molar-refractivity contribution < 1.29 is 19.0 Å². The molecule has 4 heteroatoms. The highest BCUT2D eigenvalue weighted by Gasteiger charge is 2.17. The predicted molar refractivity (Wildman–Crippen MR) is 87.5 cm³/mol. The van der Waals surface area contributed by atoms with Crippen LogP contribution in [0.1, 0.15) is 44.6 Å². The van der Waals surface area contributed by atoms with Crippen molar-refractivity contribution in [1.82, 2.24) is 0 Å². The van der Waals surface area contributed by atoms with Crippen LogP contribution in [0, 0.1) is 5.92 Å². The Hall–Kier alpha value is -1.71. The molecule has 0 fully saturated rings. The first-order valence-electron chi connectivity index (χ1n) is 7.92. The number of hydrogen-bond donors (Lipinski definition) is 0. The van der Waals surface area contributed by atoms with E-state index >= 15 is 0 Å². The van der Waals surface area contributed by atoms with E-state index in [1.807, 2.05) is 18.2 Å². The van der Waals surface area contributed by atoms with Crippen LogP contribution in [0.15, 0.2) is 18.2 Å². The van der Waals surface area contributed by atoms with Crippen LogP contribution in [0.3, 0.4) is 0 Å². The predicted octanol–water partition coefficient (Wildman–Crippen LogP) is 4.01. The highest BCUT2D eigenvalue weighted by molar-refractivity contribution is 5.69. The van der Waals surface area contributed by atoms with Crippen LogP contribution in [0.25, 0.3) is 0 Å². The molecule has 1 atom stereocenters. The number of unbranched alkanes of at least 4 members (excludes halogenated alkanes) is 2. The normalized spacial score (nSPS) is 11.8. The summed E-state index contributed by atoms with van der Waals surface area (Å²) in [6.45, 7) is 2.18. The number of hydrogen-bond acceptors (Lipinski definition) is 4. The van der Waals surface area contributed by atoms with Crippen LogP contribution >= 0.6 is 0 Å². The number of carbonyl (C=O) groups excluding carboxylic acids is 1. The van der Waals surface area contributed by atoms with Gasteiger partial charge >= 0.3 is 5.97 Å². The molecular formula is C18H28O4. The maximum atomic E-state index is 11.6. The van der Waals surface area contributed by atoms with Crippen LogP contribution in [0.2, 0.25) is 0 Å². The number of esters is 1. The van der Waals surface area contributed by atoms with Gasteiger partial charge in [0.15, 0.2) is 0 Å². The van der Waals surface area contributed by atoms with Gasteiger partial charge in [-0.05, 0) is 30.4 Å². The van der Waals surface area contributed by atoms with Gasteiger partial charge in [-0.3, -0.25) is 4.79 Å². The van der Waals surface area contributed by atoms with E-state index in [0.717, 1.165) is 36.3 Å². The molecule has 22 heavy (non-hydrogen) atoms. The van der Waals surface area contributed by atoms with E-state index < -0.39 is 0 Å². The Balaban J connectivity index is 2.80. The Morgan fingerprint density at radius 3 is 2.50 bits per heavy atom. The molecule has 4 nitrogen and oxygen atoms in total. The van der Waals surface area contributed by atoms with Gasteiger partial charge in [-0.15, -0.1) is 0 Å². The van der Waals surface area contributed by atoms with Crippen LogP contribution in [-0.2, 0) is 16.0 Å². The number of ether oxygens (including phenoxy) is 3. The van der Waals surface area contributed by atoms with E-state index in [2.05, 4.69) is 6.92 Å². The molecule has 1 rings (SSSR count). The van der Waals surface area contributed by atoms with Crippen molar-refractivity contribution in [2.45, 2.75) is 45.4 Å². The van der Waals surface area contributed by atoms with Crippen LogP contribution in [0.4, 0.5) is 0 Å². The lowest BCUT2D eigenvalue weighted by atomic mass is 9.90. The molecule has 1 unspecified atom stereocenters. The summed E-state index contributed by atoms with van der Waals surface area (Å²) >= 11 is 0. The Kier molecular flexibility index (Phi) is 8.41. The van der Waals surface area contributed by atoms with Gasteiger partial charge in [-0.25, -0.2) is 0 Å². The fraction of sp³-hybridized carbons (Fsp3) is 0.611. The first-order chi connectivity index (χ1) is 10.6. The van der Waals surface area contributed by atoms with Gasteiger partial charge in [0.25, 0.3) is 0 Å². The zero-order chi connectivity index (χ0) is 16.4. The molecule has 0 saturated heterocycles. The minimum Gasteiger partial charge on any atom is -0.497 e. The van der Waals surface area contributed by atoms with Gasteiger partial charge in [0, 0.05) is 12.5 Å². The summed E-state index contributed by atoms with van der Waals surface area (Å²) in [7, 11) is 4.74. The van der Waals surface area contributed by atoms with Crippen molar-refractivity contribution in [3.63, 3.8) is 0 Å². The number of carbonyl (C=O) groups is 1. The van der Waals surface area contributed by atoms with Crippen molar-refractivity contribution in [3.8, 4) is 11.5 Å². The van der Waals surface area contributed by atoms with Crippen molar-refractivity contribution in [2.75, 3.05) is 21.3 Å². The summed E-state index contributed by atoms with van der Waals surface area (Å²) in [5, 5.41) is 0. The van der Waals surface area contributed by atoms with Gasteiger partial charge in [0.05, 0.1) is 21.3 Å². The van der Waals surface area contributed by atoms with Gasteiger partial charge < -0.3 is 14.2 Å². The molecule has 0 N–H and O–H groups in total. The maximum Gasteiger partial charge on any atom is 0.305 e. The molecule has 0 aliphatic carbocycles. The molecule has 0 spiro atoms. The fourth-order valence-electron chi connectivity index (χ4n) is 2.61. The third-order valence-corrected chi connectivity index (χ3v) is 3.90. The highest BCUT2D eigenvalue weighted by atomic mass is 16.5. The van der Waals surface area contributed by atoms with Crippen LogP contribution in [-0.4, -0.2) is 27.3 Å². The smallest absolute Gasteiger partial charge is 0.305 e. The van der Waals surface area contributed by atoms with E-state index in [-0.39, 0.29) is 11.9 Å². The third kappa shape index (κ3) is 5.96. The van der Waals surface area contributed by atoms with Gasteiger partial charge in [0.2, 0.25) is 0 Å². The molecule has 1 aromatic rings. The number of benzene rings is 1. The molecule has 0 heterocycles. The molecule has 0 bridgehead atoms. The van der Waals surface area contributed by atoms with E-state index in [1.54, 1.807) is 14.2 Å². The molecule has 0 radical (unpaired) electrons. The van der Waals surface area contributed by atoms with Crippen molar-refractivity contribution in [1.29, 1.82) is 0 Å². The monoisotopic (exact) mass is 308 g/mol. The summed E-state index contributed by atoms with van der Waals surface area (Å²) in [6, 6.07) is 5.83. The lowest BCUT2D eigenvalue weighted by molar-refractivity contribution is -0.141. The quantitative estimate of drug-likeness (QED) is 0.484. The molecule has 0 aliphatic rings. The fourth-order valence-corrected chi connectivity index (χ4v) is 2.61. The topological polar surface area (TPSA) is 44.8 Å². The van der Waals surface area contributed by atoms with E-state index in [4.69, 9.17) is 14.2 Å². The summed E-state index contributed by atoms with van der Waals surface area (Å²) < 4.78 is 15.5. The SMILES string of the molecule is CCCCCC(CC(=O)OC)Cc1ccc(OC)cc1OC. The van der Waals surface area contributed by atoms with E-state index in [1.165, 1.54) is 20.0 Å². The lowest BCUT2D eigenvalue weighted by Crippen LogP contribution is -2.13. The van der Waals surface area contributed by atoms with Gasteiger partial charge in [-0.1, -0.05) is 32.3 Å². The molecule has 0 amide bonds. The second-order valence-corrected chi connectivity index (χ2v) is 5.52. The molecule has 0 aliphatic heterocycles. The minimum atomic E-state index is -0.144. The lowest BCUT2D eigenvalue weighted by Gasteiger charge is -2.18. The van der Waals surface area contributed by atoms with Crippen LogP contribution in [0.5, 0.6) is 11.5 Å². The minimum absolute atomic E-state index is 0.144. The van der Waals surface area contributed by atoms with Crippen molar-refractivity contribution in [3.05, 3.63) is 23.8 Å². The first kappa shape index (κ1) is 18.3. The second kappa shape index (κ2) is 10.1. The Labute approximate surface area is 133 Å². The standard InChI is InChI=1S/C18H28O4/c1-5-6-7-8-14(12-18(19)22-4)11-15-9-10-16(20-2)13-17(15)21-3/h9-10,13-14H,5-8,11-12H2,1-4H3. The summed E-state index contributed by atoms with van der Waals surface area (Å²) in [5.74, 6) is 1.72. The average Bonchev–Trinajstić information content (AvgIpc) is 2.55. The van der Waals surface area contributed by atoms with Gasteiger partial charge in [0.1, 0.15) is 11.5 Å². The zero-order valence-corrected chi connectivity index (χ0v) is 14.2. The number of rotatable bonds is 10. The maximum absolute atomic E-state index is 11.6. The Morgan fingerprint density at radius 1 is 1.14 bits per heavy atom. The average molecular weight is 308 g/mol. The molecule has 0 saturated carbocycles. The Morgan fingerprint density at radius 2 is 1.91 bits per heavy atom. The molecule has 1 aromatic carbocycles. The summed E-state index contributed by atoms with van der Waals surface area (Å²) in [4.78, 5) is 11.6. The molecule has 124 valence electrons. The zero-order valence-electron chi connectivity index (χ0n) is 14.2. The van der Waals surface area contributed by atoms with Crippen molar-refractivity contribution in [2.24, 2.45) is 5.92 Å². The summed E-state index contributed by atoms with van der Waals surface area (Å²) in [6.07, 6.45) is 5.80. The molecular weight excluding hydrogens is 280 g/mol. The highest BCUT2D eigenvalue weighted by Crippen LogP contribution is 2.29. The molecule has 0 aromatic heterocycles. The first-order valence-corrected chi connectivity index (χ1v) is 7.92. The third-order valence-electron chi connectivity index (χ3n) is 3.90. The van der Waals surface area contributed by atoms with Gasteiger partial charge in [-0.2, -0.15) is 0 Å². The van der Waals surface area contributed by atoms with Crippen molar-refractivity contribution >= 4 is 5.97 Å². The van der Waals surface area contributed by atoms with E-state index in [0.29, 0.717) is 6.42 Å². The number of methoxy groups -OCH3 is 3. The Bertz CT molecular complexity index is 456. The summed E-state index contributed by atoms with van der Waals surface area (Å²) in [5.41, 5.74) is 1.11. The van der Waals surface area contributed by atoms with Crippen LogP contribution < -0.4 is 9.47 Å². The van der Waals surface area contributed by atoms with E-state index in [9.17, 15) is 4.79 Å². The second-order valence-electron chi connectivity index (χ2n) is 5.52. The largest absolute Gasteiger partial charge is 0.497 e.